The minimum Gasteiger partial charge on any atom is -0.444 e. The van der Waals surface area contributed by atoms with Crippen molar-refractivity contribution in [3.63, 3.8) is 0 Å². The van der Waals surface area contributed by atoms with Crippen LogP contribution in [-0.2, 0) is 6.42 Å². The van der Waals surface area contributed by atoms with Gasteiger partial charge in [-0.3, -0.25) is 0 Å². The van der Waals surface area contributed by atoms with Crippen molar-refractivity contribution in [3.8, 4) is 11.5 Å². The van der Waals surface area contributed by atoms with Crippen molar-refractivity contribution in [1.29, 1.82) is 0 Å². The second-order valence-corrected chi connectivity index (χ2v) is 6.98. The molecule has 1 aliphatic rings. The summed E-state index contributed by atoms with van der Waals surface area (Å²) in [6.45, 7) is 1.94. The molecule has 0 amide bonds. The number of hydrogen-bond acceptors (Lipinski definition) is 2. The normalized spacial score (nSPS) is 16.3. The Labute approximate surface area is 107 Å². The first-order chi connectivity index (χ1) is 8.64. The van der Waals surface area contributed by atoms with E-state index >= 15 is 0 Å². The average Bonchev–Trinajstić information content (AvgIpc) is 2.31. The van der Waals surface area contributed by atoms with Gasteiger partial charge in [0.25, 0.3) is 0 Å². The van der Waals surface area contributed by atoms with Gasteiger partial charge in [0.2, 0.25) is 7.34 Å². The second kappa shape index (κ2) is 4.22. The van der Waals surface area contributed by atoms with Gasteiger partial charge in [-0.05, 0) is 29.6 Å². The molecule has 0 unspecified atom stereocenters. The van der Waals surface area contributed by atoms with Gasteiger partial charge >= 0.3 is 0 Å². The average molecular weight is 258 g/mol. The van der Waals surface area contributed by atoms with Crippen molar-refractivity contribution in [3.05, 3.63) is 59.7 Å². The molecule has 3 heteroatoms. The van der Waals surface area contributed by atoms with Crippen molar-refractivity contribution >= 4 is 13.6 Å². The molecule has 0 atom stereocenters. The molecule has 0 radical (unpaired) electrons. The van der Waals surface area contributed by atoms with Crippen LogP contribution in [0, 0.1) is 0 Å². The summed E-state index contributed by atoms with van der Waals surface area (Å²) in [7, 11) is -2.12. The van der Waals surface area contributed by atoms with Gasteiger partial charge in [0.05, 0.1) is 0 Å². The topological polar surface area (TPSA) is 18.5 Å². The van der Waals surface area contributed by atoms with E-state index in [1.807, 2.05) is 43.1 Å². The summed E-state index contributed by atoms with van der Waals surface area (Å²) < 4.78 is 11.9. The van der Waals surface area contributed by atoms with Gasteiger partial charge in [0.1, 0.15) is 11.5 Å². The highest BCUT2D eigenvalue weighted by Gasteiger charge is 2.20. The van der Waals surface area contributed by atoms with E-state index in [-0.39, 0.29) is 0 Å². The largest absolute Gasteiger partial charge is 0.444 e. The molecule has 0 bridgehead atoms. The molecule has 0 spiro atoms. The van der Waals surface area contributed by atoms with E-state index in [0.717, 1.165) is 17.9 Å². The van der Waals surface area contributed by atoms with Gasteiger partial charge in [-0.25, -0.2) is 0 Å². The van der Waals surface area contributed by atoms with Gasteiger partial charge in [0.15, 0.2) is 0 Å². The lowest BCUT2D eigenvalue weighted by atomic mass is 10.0. The minimum atomic E-state index is -2.12. The van der Waals surface area contributed by atoms with Crippen molar-refractivity contribution in [2.45, 2.75) is 6.42 Å². The van der Waals surface area contributed by atoms with Crippen LogP contribution in [0.25, 0.3) is 0 Å². The highest BCUT2D eigenvalue weighted by atomic mass is 31.2. The van der Waals surface area contributed by atoms with E-state index in [1.54, 1.807) is 0 Å². The Hall–Kier alpha value is -1.66. The standard InChI is InChI=1S/C15H15O2P/c1-18(2)16-14-9-5-3-7-12(14)11-13-8-4-6-10-15(13)17-18/h3-10H,1,11H2,2H3. The number of para-hydroxylation sites is 2. The third-order valence-electron chi connectivity index (χ3n) is 2.91. The zero-order chi connectivity index (χ0) is 12.6. The Morgan fingerprint density at radius 3 is 1.83 bits per heavy atom. The lowest BCUT2D eigenvalue weighted by Gasteiger charge is -2.27. The number of rotatable bonds is 0. The van der Waals surface area contributed by atoms with Gasteiger partial charge < -0.3 is 9.05 Å². The molecule has 0 saturated heterocycles. The van der Waals surface area contributed by atoms with Crippen molar-refractivity contribution in [2.24, 2.45) is 0 Å². The van der Waals surface area contributed by atoms with E-state index in [4.69, 9.17) is 9.05 Å². The fourth-order valence-corrected chi connectivity index (χ4v) is 3.34. The molecule has 3 rings (SSSR count). The van der Waals surface area contributed by atoms with Gasteiger partial charge in [0, 0.05) is 13.1 Å². The van der Waals surface area contributed by atoms with E-state index < -0.39 is 7.34 Å². The lowest BCUT2D eigenvalue weighted by molar-refractivity contribution is 0.479. The van der Waals surface area contributed by atoms with Crippen LogP contribution in [-0.4, -0.2) is 13.0 Å². The summed E-state index contributed by atoms with van der Waals surface area (Å²) in [6.07, 6.45) is 4.92. The molecule has 0 N–H and O–H groups in total. The summed E-state index contributed by atoms with van der Waals surface area (Å²) in [5.74, 6) is 1.77. The van der Waals surface area contributed by atoms with Gasteiger partial charge in [-0.1, -0.05) is 36.4 Å². The van der Waals surface area contributed by atoms with E-state index in [1.165, 1.54) is 11.1 Å². The van der Waals surface area contributed by atoms with Gasteiger partial charge in [-0.15, -0.1) is 0 Å². The lowest BCUT2D eigenvalue weighted by Crippen LogP contribution is -2.07. The van der Waals surface area contributed by atoms with Crippen LogP contribution in [0.5, 0.6) is 11.5 Å². The van der Waals surface area contributed by atoms with E-state index in [0.29, 0.717) is 0 Å². The fraction of sp³-hybridized carbons (Fsp3) is 0.133. The Morgan fingerprint density at radius 1 is 0.889 bits per heavy atom. The zero-order valence-corrected chi connectivity index (χ0v) is 11.2. The molecule has 0 aliphatic carbocycles. The molecule has 1 aliphatic heterocycles. The molecular formula is C15H15O2P. The van der Waals surface area contributed by atoms with Crippen LogP contribution < -0.4 is 9.05 Å². The summed E-state index contributed by atoms with van der Waals surface area (Å²) in [6, 6.07) is 16.2. The molecular weight excluding hydrogens is 243 g/mol. The van der Waals surface area contributed by atoms with E-state index in [2.05, 4.69) is 18.4 Å². The molecule has 2 nitrogen and oxygen atoms in total. The van der Waals surface area contributed by atoms with Crippen LogP contribution in [0.15, 0.2) is 48.5 Å². The molecule has 0 saturated carbocycles. The maximum absolute atomic E-state index is 5.96. The summed E-state index contributed by atoms with van der Waals surface area (Å²) >= 11 is 0. The molecule has 2 aromatic carbocycles. The maximum Gasteiger partial charge on any atom is 0.212 e. The maximum atomic E-state index is 5.96. The zero-order valence-electron chi connectivity index (χ0n) is 10.3. The molecule has 2 aromatic rings. The van der Waals surface area contributed by atoms with Crippen LogP contribution in [0.4, 0.5) is 0 Å². The Bertz CT molecular complexity index is 582. The second-order valence-electron chi connectivity index (χ2n) is 4.59. The van der Waals surface area contributed by atoms with E-state index in [9.17, 15) is 0 Å². The smallest absolute Gasteiger partial charge is 0.212 e. The quantitative estimate of drug-likeness (QED) is 0.666. The molecule has 0 aromatic heterocycles. The number of fused-ring (bicyclic) bond motifs is 2. The molecule has 0 fully saturated rings. The van der Waals surface area contributed by atoms with Crippen molar-refractivity contribution in [2.75, 3.05) is 6.66 Å². The van der Waals surface area contributed by atoms with Crippen LogP contribution >= 0.6 is 7.34 Å². The van der Waals surface area contributed by atoms with Crippen molar-refractivity contribution in [1.82, 2.24) is 0 Å². The predicted octanol–water partition coefficient (Wildman–Crippen LogP) is 3.96. The fourth-order valence-electron chi connectivity index (χ4n) is 2.12. The molecule has 92 valence electrons. The predicted molar refractivity (Wildman–Crippen MR) is 76.9 cm³/mol. The first-order valence-electron chi connectivity index (χ1n) is 5.90. The molecule has 1 heterocycles. The highest BCUT2D eigenvalue weighted by molar-refractivity contribution is 7.64. The van der Waals surface area contributed by atoms with Gasteiger partial charge in [-0.2, -0.15) is 0 Å². The summed E-state index contributed by atoms with van der Waals surface area (Å²) in [4.78, 5) is 0. The Morgan fingerprint density at radius 2 is 1.33 bits per heavy atom. The third-order valence-corrected chi connectivity index (χ3v) is 4.07. The monoisotopic (exact) mass is 258 g/mol. The first-order valence-corrected chi connectivity index (χ1v) is 8.16. The van der Waals surface area contributed by atoms with Crippen LogP contribution in [0.2, 0.25) is 0 Å². The first kappa shape index (κ1) is 11.4. The Balaban J connectivity index is 2.17. The third kappa shape index (κ3) is 2.16. The number of benzene rings is 2. The summed E-state index contributed by atoms with van der Waals surface area (Å²) in [5.41, 5.74) is 2.37. The SMILES string of the molecule is C=P1(C)Oc2ccccc2Cc2ccccc2O1. The number of hydrogen-bond donors (Lipinski definition) is 0. The van der Waals surface area contributed by atoms with Crippen LogP contribution in [0.1, 0.15) is 11.1 Å². The summed E-state index contributed by atoms with van der Waals surface area (Å²) in [5, 5.41) is 0. The van der Waals surface area contributed by atoms with Crippen LogP contribution in [0.3, 0.4) is 0 Å². The molecule has 18 heavy (non-hydrogen) atoms. The highest BCUT2D eigenvalue weighted by Crippen LogP contribution is 2.48. The minimum absolute atomic E-state index is 0.826. The Kier molecular flexibility index (Phi) is 2.68. The van der Waals surface area contributed by atoms with Crippen molar-refractivity contribution < 1.29 is 9.05 Å².